The van der Waals surface area contributed by atoms with Crippen LogP contribution in [-0.4, -0.2) is 40.5 Å². The van der Waals surface area contributed by atoms with Gasteiger partial charge in [0.15, 0.2) is 0 Å². The van der Waals surface area contributed by atoms with Gasteiger partial charge in [-0.3, -0.25) is 9.69 Å². The third kappa shape index (κ3) is 3.94. The van der Waals surface area contributed by atoms with Crippen molar-refractivity contribution in [1.82, 2.24) is 14.9 Å². The molecule has 0 unspecified atom stereocenters. The summed E-state index contributed by atoms with van der Waals surface area (Å²) in [5.41, 5.74) is 2.72. The minimum Gasteiger partial charge on any atom is -0.466 e. The predicted octanol–water partition coefficient (Wildman–Crippen LogP) is 3.95. The van der Waals surface area contributed by atoms with E-state index in [2.05, 4.69) is 22.0 Å². The predicted molar refractivity (Wildman–Crippen MR) is 110 cm³/mol. The minimum absolute atomic E-state index is 0.0758. The zero-order chi connectivity index (χ0) is 19.4. The van der Waals surface area contributed by atoms with Crippen LogP contribution in [0.2, 0.25) is 0 Å². The maximum Gasteiger partial charge on any atom is 0.313 e. The number of hydrogen-bond donors (Lipinski definition) is 1. The Labute approximate surface area is 165 Å². The first-order chi connectivity index (χ1) is 13.7. The maximum atomic E-state index is 13.0. The normalized spacial score (nSPS) is 20.3. The quantitative estimate of drug-likeness (QED) is 0.661. The van der Waals surface area contributed by atoms with E-state index in [1.807, 2.05) is 49.4 Å². The number of piperidine rings is 1. The topological polar surface area (TPSA) is 58.2 Å². The van der Waals surface area contributed by atoms with Crippen molar-refractivity contribution in [2.75, 3.05) is 19.7 Å². The lowest BCUT2D eigenvalue weighted by molar-refractivity contribution is -0.159. The Bertz CT molecular complexity index is 904. The van der Waals surface area contributed by atoms with Crippen molar-refractivity contribution >= 4 is 17.0 Å². The fourth-order valence-electron chi connectivity index (χ4n) is 4.31. The van der Waals surface area contributed by atoms with Crippen LogP contribution in [0.15, 0.2) is 54.6 Å². The molecule has 1 aromatic heterocycles. The van der Waals surface area contributed by atoms with Crippen LogP contribution in [0.1, 0.15) is 31.2 Å². The average Bonchev–Trinajstić information content (AvgIpc) is 3.11. The van der Waals surface area contributed by atoms with Crippen LogP contribution in [0.4, 0.5) is 0 Å². The highest BCUT2D eigenvalue weighted by molar-refractivity contribution is 5.78. The van der Waals surface area contributed by atoms with Crippen LogP contribution in [0.25, 0.3) is 11.0 Å². The van der Waals surface area contributed by atoms with E-state index in [1.165, 1.54) is 5.56 Å². The SMILES string of the molecule is CCOC(=O)[C@@]1(Cc2ccccc2)CCCN(Cc2nc3ccccc3[nH]2)C1. The van der Waals surface area contributed by atoms with Gasteiger partial charge in [-0.1, -0.05) is 42.5 Å². The number of ether oxygens (including phenoxy) is 1. The molecule has 1 aliphatic rings. The molecule has 0 aliphatic carbocycles. The van der Waals surface area contributed by atoms with Gasteiger partial charge >= 0.3 is 5.97 Å². The maximum absolute atomic E-state index is 13.0. The number of nitrogens with zero attached hydrogens (tertiary/aromatic N) is 2. The number of hydrogen-bond acceptors (Lipinski definition) is 4. The molecule has 3 aromatic rings. The molecule has 1 N–H and O–H groups in total. The van der Waals surface area contributed by atoms with Gasteiger partial charge < -0.3 is 9.72 Å². The van der Waals surface area contributed by atoms with Crippen molar-refractivity contribution in [3.8, 4) is 0 Å². The van der Waals surface area contributed by atoms with Crippen molar-refractivity contribution in [3.63, 3.8) is 0 Å². The van der Waals surface area contributed by atoms with Crippen LogP contribution in [0, 0.1) is 5.41 Å². The Morgan fingerprint density at radius 2 is 1.96 bits per heavy atom. The molecule has 2 aromatic carbocycles. The lowest BCUT2D eigenvalue weighted by Crippen LogP contribution is -2.49. The van der Waals surface area contributed by atoms with Gasteiger partial charge in [-0.05, 0) is 50.4 Å². The fraction of sp³-hybridized carbons (Fsp3) is 0.391. The number of aromatic amines is 1. The molecule has 0 bridgehead atoms. The first kappa shape index (κ1) is 18.7. The van der Waals surface area contributed by atoms with E-state index in [9.17, 15) is 4.79 Å². The van der Waals surface area contributed by atoms with Gasteiger partial charge in [0.05, 0.1) is 29.6 Å². The van der Waals surface area contributed by atoms with E-state index in [0.29, 0.717) is 26.1 Å². The number of rotatable bonds is 6. The van der Waals surface area contributed by atoms with E-state index in [1.54, 1.807) is 0 Å². The number of aromatic nitrogens is 2. The van der Waals surface area contributed by atoms with Gasteiger partial charge in [-0.2, -0.15) is 0 Å². The van der Waals surface area contributed by atoms with Crippen LogP contribution in [0.3, 0.4) is 0 Å². The van der Waals surface area contributed by atoms with E-state index in [-0.39, 0.29) is 5.97 Å². The van der Waals surface area contributed by atoms with Crippen LogP contribution < -0.4 is 0 Å². The number of benzene rings is 2. The third-order valence-corrected chi connectivity index (χ3v) is 5.56. The Hall–Kier alpha value is -2.66. The van der Waals surface area contributed by atoms with E-state index in [0.717, 1.165) is 36.2 Å². The molecule has 1 atom stereocenters. The molecular weight excluding hydrogens is 350 g/mol. The van der Waals surface area contributed by atoms with Crippen molar-refractivity contribution in [1.29, 1.82) is 0 Å². The lowest BCUT2D eigenvalue weighted by atomic mass is 9.75. The third-order valence-electron chi connectivity index (χ3n) is 5.56. The average molecular weight is 377 g/mol. The van der Waals surface area contributed by atoms with Crippen molar-refractivity contribution in [2.24, 2.45) is 5.41 Å². The molecular formula is C23H27N3O2. The Morgan fingerprint density at radius 3 is 2.75 bits per heavy atom. The van der Waals surface area contributed by atoms with Crippen molar-refractivity contribution in [3.05, 3.63) is 66.0 Å². The molecule has 4 rings (SSSR count). The van der Waals surface area contributed by atoms with Crippen LogP contribution in [0.5, 0.6) is 0 Å². The highest BCUT2D eigenvalue weighted by atomic mass is 16.5. The minimum atomic E-state index is -0.498. The molecule has 1 saturated heterocycles. The molecule has 146 valence electrons. The number of para-hydroxylation sites is 2. The smallest absolute Gasteiger partial charge is 0.313 e. The molecule has 2 heterocycles. The number of fused-ring (bicyclic) bond motifs is 1. The highest BCUT2D eigenvalue weighted by Gasteiger charge is 2.43. The standard InChI is InChI=1S/C23H27N3O2/c1-2-28-22(27)23(15-18-9-4-3-5-10-18)13-8-14-26(17-23)16-21-24-19-11-6-7-12-20(19)25-21/h3-7,9-12H,2,8,13-17H2,1H3,(H,24,25)/t23-/m1/s1. The summed E-state index contributed by atoms with van der Waals surface area (Å²) in [5, 5.41) is 0. The molecule has 0 amide bonds. The summed E-state index contributed by atoms with van der Waals surface area (Å²) < 4.78 is 5.51. The molecule has 0 saturated carbocycles. The zero-order valence-corrected chi connectivity index (χ0v) is 16.4. The second-order valence-electron chi connectivity index (χ2n) is 7.68. The van der Waals surface area contributed by atoms with Crippen molar-refractivity contribution < 1.29 is 9.53 Å². The van der Waals surface area contributed by atoms with E-state index in [4.69, 9.17) is 9.72 Å². The molecule has 1 fully saturated rings. The van der Waals surface area contributed by atoms with Gasteiger partial charge in [0.2, 0.25) is 0 Å². The van der Waals surface area contributed by atoms with E-state index >= 15 is 0 Å². The first-order valence-corrected chi connectivity index (χ1v) is 10.1. The van der Waals surface area contributed by atoms with Gasteiger partial charge in [-0.15, -0.1) is 0 Å². The number of likely N-dealkylation sites (tertiary alicyclic amines) is 1. The number of H-pyrrole nitrogens is 1. The molecule has 1 aliphatic heterocycles. The lowest BCUT2D eigenvalue weighted by Gasteiger charge is -2.40. The Morgan fingerprint density at radius 1 is 1.18 bits per heavy atom. The zero-order valence-electron chi connectivity index (χ0n) is 16.4. The Kier molecular flexibility index (Phi) is 5.44. The highest BCUT2D eigenvalue weighted by Crippen LogP contribution is 2.36. The molecule has 5 nitrogen and oxygen atoms in total. The first-order valence-electron chi connectivity index (χ1n) is 10.1. The van der Waals surface area contributed by atoms with Crippen molar-refractivity contribution in [2.45, 2.75) is 32.7 Å². The largest absolute Gasteiger partial charge is 0.466 e. The van der Waals surface area contributed by atoms with Gasteiger partial charge in [0.25, 0.3) is 0 Å². The number of carbonyl (C=O) groups is 1. The fourth-order valence-corrected chi connectivity index (χ4v) is 4.31. The molecule has 0 radical (unpaired) electrons. The van der Waals surface area contributed by atoms with Gasteiger partial charge in [-0.25, -0.2) is 4.98 Å². The van der Waals surface area contributed by atoms with Gasteiger partial charge in [0.1, 0.15) is 5.82 Å². The number of carbonyl (C=O) groups excluding carboxylic acids is 1. The molecule has 0 spiro atoms. The van der Waals surface area contributed by atoms with Crippen LogP contribution >= 0.6 is 0 Å². The Balaban J connectivity index is 1.55. The second-order valence-corrected chi connectivity index (χ2v) is 7.68. The molecule has 5 heteroatoms. The number of nitrogens with one attached hydrogen (secondary N) is 1. The molecule has 28 heavy (non-hydrogen) atoms. The van der Waals surface area contributed by atoms with Crippen LogP contribution in [-0.2, 0) is 22.5 Å². The van der Waals surface area contributed by atoms with E-state index < -0.39 is 5.41 Å². The summed E-state index contributed by atoms with van der Waals surface area (Å²) in [5.74, 6) is 0.869. The number of esters is 1. The summed E-state index contributed by atoms with van der Waals surface area (Å²) in [6, 6.07) is 18.3. The summed E-state index contributed by atoms with van der Waals surface area (Å²) in [7, 11) is 0. The van der Waals surface area contributed by atoms with Gasteiger partial charge in [0, 0.05) is 6.54 Å². The summed E-state index contributed by atoms with van der Waals surface area (Å²) >= 11 is 0. The monoisotopic (exact) mass is 377 g/mol. The summed E-state index contributed by atoms with van der Waals surface area (Å²) in [4.78, 5) is 23.4. The summed E-state index contributed by atoms with van der Waals surface area (Å²) in [6.45, 7) is 4.66. The second kappa shape index (κ2) is 8.15. The summed E-state index contributed by atoms with van der Waals surface area (Å²) in [6.07, 6.45) is 2.55. The number of imidazole rings is 1.